The summed E-state index contributed by atoms with van der Waals surface area (Å²) in [5, 5.41) is 3.48. The second-order valence-corrected chi connectivity index (χ2v) is 7.53. The zero-order valence-electron chi connectivity index (χ0n) is 17.4. The number of halogens is 1. The number of ether oxygens (including phenoxy) is 1. The largest absolute Gasteiger partial charge is 0.376 e. The van der Waals surface area contributed by atoms with Gasteiger partial charge in [-0.1, -0.05) is 42.5 Å². The summed E-state index contributed by atoms with van der Waals surface area (Å²) in [6.45, 7) is 4.28. The third-order valence-electron chi connectivity index (χ3n) is 5.35. The van der Waals surface area contributed by atoms with Crippen LogP contribution in [0.3, 0.4) is 0 Å². The first kappa shape index (κ1) is 22.6. The maximum atomic E-state index is 5.93. The van der Waals surface area contributed by atoms with Crippen LogP contribution in [0.1, 0.15) is 17.8 Å². The molecule has 0 bridgehead atoms. The first-order valence-corrected chi connectivity index (χ1v) is 10.3. The Kier molecular flexibility index (Phi) is 8.50. The lowest BCUT2D eigenvalue weighted by Crippen LogP contribution is -2.41. The quantitative estimate of drug-likeness (QED) is 0.283. The fourth-order valence-corrected chi connectivity index (χ4v) is 3.83. The average molecular weight is 519 g/mol. The minimum absolute atomic E-state index is 0. The molecule has 6 nitrogen and oxygen atoms in total. The summed E-state index contributed by atoms with van der Waals surface area (Å²) in [5.74, 6) is 2.52. The van der Waals surface area contributed by atoms with Crippen molar-refractivity contribution in [3.8, 4) is 0 Å². The van der Waals surface area contributed by atoms with E-state index in [1.165, 1.54) is 5.56 Å². The van der Waals surface area contributed by atoms with E-state index in [1.54, 1.807) is 0 Å². The smallest absolute Gasteiger partial charge is 0.193 e. The molecule has 3 aromatic rings. The first-order valence-electron chi connectivity index (χ1n) is 10.3. The molecule has 0 aliphatic carbocycles. The van der Waals surface area contributed by atoms with E-state index in [2.05, 4.69) is 55.5 Å². The number of likely N-dealkylation sites (tertiary alicyclic amines) is 1. The number of benzene rings is 2. The third-order valence-corrected chi connectivity index (χ3v) is 5.35. The summed E-state index contributed by atoms with van der Waals surface area (Å²) in [7, 11) is 1.85. The van der Waals surface area contributed by atoms with Crippen molar-refractivity contribution in [2.45, 2.75) is 19.4 Å². The Hall–Kier alpha value is -2.13. The summed E-state index contributed by atoms with van der Waals surface area (Å²) < 4.78 is 5.93. The number of nitrogens with zero attached hydrogens (tertiary/aromatic N) is 3. The molecule has 1 aromatic heterocycles. The van der Waals surface area contributed by atoms with Crippen LogP contribution >= 0.6 is 24.0 Å². The predicted octanol–water partition coefficient (Wildman–Crippen LogP) is 3.84. The first-order chi connectivity index (χ1) is 14.3. The van der Waals surface area contributed by atoms with Crippen LogP contribution in [0.2, 0.25) is 0 Å². The van der Waals surface area contributed by atoms with E-state index in [-0.39, 0.29) is 24.0 Å². The van der Waals surface area contributed by atoms with Crippen LogP contribution in [0.5, 0.6) is 0 Å². The molecule has 1 saturated heterocycles. The van der Waals surface area contributed by atoms with Crippen molar-refractivity contribution in [2.24, 2.45) is 10.9 Å². The summed E-state index contributed by atoms with van der Waals surface area (Å²) in [5.41, 5.74) is 3.33. The van der Waals surface area contributed by atoms with Gasteiger partial charge < -0.3 is 19.9 Å². The van der Waals surface area contributed by atoms with E-state index in [9.17, 15) is 0 Å². The molecular formula is C23H30IN5O. The van der Waals surface area contributed by atoms with Crippen molar-refractivity contribution in [1.82, 2.24) is 20.2 Å². The summed E-state index contributed by atoms with van der Waals surface area (Å²) in [6, 6.07) is 18.5. The van der Waals surface area contributed by atoms with Gasteiger partial charge in [-0.05, 0) is 24.1 Å². The normalized spacial score (nSPS) is 16.6. The molecule has 2 heterocycles. The molecular weight excluding hydrogens is 489 g/mol. The van der Waals surface area contributed by atoms with Crippen LogP contribution < -0.4 is 5.32 Å². The van der Waals surface area contributed by atoms with Crippen molar-refractivity contribution < 1.29 is 4.74 Å². The monoisotopic (exact) mass is 519 g/mol. The van der Waals surface area contributed by atoms with Crippen molar-refractivity contribution in [1.29, 1.82) is 0 Å². The Balaban J connectivity index is 0.00000256. The Labute approximate surface area is 195 Å². The highest BCUT2D eigenvalue weighted by Crippen LogP contribution is 2.17. The SMILES string of the molecule is CN=C(NCCc1nc2ccccc2[nH]1)N1CCC(COCc2ccccc2)C1.I. The van der Waals surface area contributed by atoms with Crippen molar-refractivity contribution >= 4 is 41.0 Å². The molecule has 160 valence electrons. The molecule has 0 radical (unpaired) electrons. The molecule has 0 saturated carbocycles. The predicted molar refractivity (Wildman–Crippen MR) is 132 cm³/mol. The van der Waals surface area contributed by atoms with E-state index < -0.39 is 0 Å². The molecule has 2 aromatic carbocycles. The molecule has 2 N–H and O–H groups in total. The van der Waals surface area contributed by atoms with E-state index in [4.69, 9.17) is 4.74 Å². The highest BCUT2D eigenvalue weighted by atomic mass is 127. The third kappa shape index (κ3) is 5.95. The minimum Gasteiger partial charge on any atom is -0.376 e. The Morgan fingerprint density at radius 2 is 2.00 bits per heavy atom. The van der Waals surface area contributed by atoms with Gasteiger partial charge in [-0.2, -0.15) is 0 Å². The number of aromatic amines is 1. The van der Waals surface area contributed by atoms with Gasteiger partial charge >= 0.3 is 0 Å². The number of hydrogen-bond donors (Lipinski definition) is 2. The van der Waals surface area contributed by atoms with E-state index in [1.807, 2.05) is 31.3 Å². The molecule has 0 amide bonds. The number of nitrogens with one attached hydrogen (secondary N) is 2. The second-order valence-electron chi connectivity index (χ2n) is 7.53. The summed E-state index contributed by atoms with van der Waals surface area (Å²) in [4.78, 5) is 14.8. The van der Waals surface area contributed by atoms with Crippen LogP contribution in [-0.2, 0) is 17.8 Å². The fraction of sp³-hybridized carbons (Fsp3) is 0.391. The van der Waals surface area contributed by atoms with Gasteiger partial charge in [0.05, 0.1) is 24.2 Å². The van der Waals surface area contributed by atoms with Gasteiger partial charge in [-0.25, -0.2) is 4.98 Å². The van der Waals surface area contributed by atoms with Gasteiger partial charge in [0.2, 0.25) is 0 Å². The van der Waals surface area contributed by atoms with Crippen LogP contribution in [0.25, 0.3) is 11.0 Å². The molecule has 1 aliphatic rings. The number of guanidine groups is 1. The Morgan fingerprint density at radius 1 is 1.20 bits per heavy atom. The topological polar surface area (TPSA) is 65.5 Å². The molecule has 30 heavy (non-hydrogen) atoms. The number of hydrogen-bond acceptors (Lipinski definition) is 3. The van der Waals surface area contributed by atoms with Crippen LogP contribution in [0, 0.1) is 5.92 Å². The van der Waals surface area contributed by atoms with Crippen molar-refractivity contribution in [2.75, 3.05) is 33.3 Å². The average Bonchev–Trinajstić information content (AvgIpc) is 3.39. The summed E-state index contributed by atoms with van der Waals surface area (Å²) >= 11 is 0. The van der Waals surface area contributed by atoms with Crippen molar-refractivity contribution in [3.05, 3.63) is 66.0 Å². The van der Waals surface area contributed by atoms with Gasteiger partial charge in [0.1, 0.15) is 5.82 Å². The number of fused-ring (bicyclic) bond motifs is 1. The molecule has 1 atom stereocenters. The van der Waals surface area contributed by atoms with E-state index in [0.29, 0.717) is 12.5 Å². The number of aliphatic imine (C=N–C) groups is 1. The Bertz CT molecular complexity index is 910. The standard InChI is InChI=1S/C23H29N5O.HI/c1-24-23(25-13-11-22-26-20-9-5-6-10-21(20)27-22)28-14-12-19(15-28)17-29-16-18-7-3-2-4-8-18;/h2-10,19H,11-17H2,1H3,(H,24,25)(H,26,27);1H. The lowest BCUT2D eigenvalue weighted by atomic mass is 10.1. The van der Waals surface area contributed by atoms with Gasteiger partial charge in [-0.3, -0.25) is 4.99 Å². The number of para-hydroxylation sites is 2. The number of aromatic nitrogens is 2. The van der Waals surface area contributed by atoms with E-state index in [0.717, 1.165) is 61.9 Å². The van der Waals surface area contributed by atoms with Gasteiger partial charge in [0, 0.05) is 39.0 Å². The number of imidazole rings is 1. The molecule has 4 rings (SSSR count). The van der Waals surface area contributed by atoms with Crippen LogP contribution in [0.15, 0.2) is 59.6 Å². The van der Waals surface area contributed by atoms with Crippen LogP contribution in [0.4, 0.5) is 0 Å². The van der Waals surface area contributed by atoms with Gasteiger partial charge in [0.15, 0.2) is 5.96 Å². The lowest BCUT2D eigenvalue weighted by Gasteiger charge is -2.21. The maximum Gasteiger partial charge on any atom is 0.193 e. The fourth-order valence-electron chi connectivity index (χ4n) is 3.83. The highest BCUT2D eigenvalue weighted by molar-refractivity contribution is 14.0. The van der Waals surface area contributed by atoms with Gasteiger partial charge in [-0.15, -0.1) is 24.0 Å². The number of rotatable bonds is 7. The molecule has 7 heteroatoms. The zero-order chi connectivity index (χ0) is 19.9. The molecule has 1 unspecified atom stereocenters. The zero-order valence-corrected chi connectivity index (χ0v) is 19.7. The van der Waals surface area contributed by atoms with Crippen LogP contribution in [-0.4, -0.2) is 54.1 Å². The Morgan fingerprint density at radius 3 is 2.80 bits per heavy atom. The molecule has 1 fully saturated rings. The van der Waals surface area contributed by atoms with Gasteiger partial charge in [0.25, 0.3) is 0 Å². The highest BCUT2D eigenvalue weighted by Gasteiger charge is 2.24. The minimum atomic E-state index is 0. The molecule has 1 aliphatic heterocycles. The van der Waals surface area contributed by atoms with E-state index >= 15 is 0 Å². The summed E-state index contributed by atoms with van der Waals surface area (Å²) in [6.07, 6.45) is 1.98. The molecule has 0 spiro atoms. The number of H-pyrrole nitrogens is 1. The van der Waals surface area contributed by atoms with Crippen molar-refractivity contribution in [3.63, 3.8) is 0 Å². The second kappa shape index (κ2) is 11.3. The lowest BCUT2D eigenvalue weighted by molar-refractivity contribution is 0.0907. The maximum absolute atomic E-state index is 5.93.